The lowest BCUT2D eigenvalue weighted by molar-refractivity contribution is -0.384. The number of rotatable bonds is 5. The van der Waals surface area contributed by atoms with Gasteiger partial charge in [-0.25, -0.2) is 0 Å². The number of hydrogen-bond donors (Lipinski definition) is 2. The van der Waals surface area contributed by atoms with E-state index in [1.54, 1.807) is 6.07 Å². The molecule has 2 N–H and O–H groups in total. The third kappa shape index (κ3) is 3.87. The molecule has 6 nitrogen and oxygen atoms in total. The van der Waals surface area contributed by atoms with Crippen LogP contribution in [0.2, 0.25) is 0 Å². The highest BCUT2D eigenvalue weighted by Gasteiger charge is 2.13. The standard InChI is InChI=1S/C14H14N2O4S/c1-9-2-7-13(21-9)14(18)15-8-12(17)10-3-5-11(6-4-10)16(19)20/h2-7,12,17H,8H2,1H3,(H,15,18). The monoisotopic (exact) mass is 306 g/mol. The summed E-state index contributed by atoms with van der Waals surface area (Å²) in [6.07, 6.45) is -0.907. The van der Waals surface area contributed by atoms with Crippen molar-refractivity contribution in [3.05, 3.63) is 61.8 Å². The number of aliphatic hydroxyl groups excluding tert-OH is 1. The van der Waals surface area contributed by atoms with E-state index in [1.165, 1.54) is 35.6 Å². The van der Waals surface area contributed by atoms with Gasteiger partial charge in [0.05, 0.1) is 15.9 Å². The molecule has 2 rings (SSSR count). The highest BCUT2D eigenvalue weighted by Crippen LogP contribution is 2.18. The highest BCUT2D eigenvalue weighted by atomic mass is 32.1. The quantitative estimate of drug-likeness (QED) is 0.655. The molecule has 110 valence electrons. The molecule has 1 amide bonds. The minimum atomic E-state index is -0.907. The van der Waals surface area contributed by atoms with Gasteiger partial charge < -0.3 is 10.4 Å². The molecule has 0 radical (unpaired) electrons. The van der Waals surface area contributed by atoms with Gasteiger partial charge in [0.2, 0.25) is 0 Å². The molecule has 1 unspecified atom stereocenters. The lowest BCUT2D eigenvalue weighted by Crippen LogP contribution is -2.27. The molecule has 0 spiro atoms. The van der Waals surface area contributed by atoms with E-state index < -0.39 is 11.0 Å². The van der Waals surface area contributed by atoms with Crippen LogP contribution >= 0.6 is 11.3 Å². The minimum absolute atomic E-state index is 0.0379. The number of hydrogen-bond acceptors (Lipinski definition) is 5. The summed E-state index contributed by atoms with van der Waals surface area (Å²) in [4.78, 5) is 23.5. The van der Waals surface area contributed by atoms with Gasteiger partial charge in [-0.3, -0.25) is 14.9 Å². The molecule has 2 aromatic rings. The number of nitrogens with zero attached hydrogens (tertiary/aromatic N) is 1. The Morgan fingerprint density at radius 2 is 2.00 bits per heavy atom. The van der Waals surface area contributed by atoms with E-state index in [4.69, 9.17) is 0 Å². The summed E-state index contributed by atoms with van der Waals surface area (Å²) < 4.78 is 0. The lowest BCUT2D eigenvalue weighted by atomic mass is 10.1. The lowest BCUT2D eigenvalue weighted by Gasteiger charge is -2.11. The largest absolute Gasteiger partial charge is 0.387 e. The van der Waals surface area contributed by atoms with Crippen molar-refractivity contribution in [2.75, 3.05) is 6.54 Å². The molecule has 1 atom stereocenters. The molecule has 0 aliphatic rings. The van der Waals surface area contributed by atoms with E-state index in [0.717, 1.165) is 4.88 Å². The second-order valence-electron chi connectivity index (χ2n) is 4.48. The van der Waals surface area contributed by atoms with Gasteiger partial charge in [-0.05, 0) is 36.8 Å². The maximum Gasteiger partial charge on any atom is 0.269 e. The van der Waals surface area contributed by atoms with E-state index in [-0.39, 0.29) is 18.1 Å². The first kappa shape index (κ1) is 15.1. The summed E-state index contributed by atoms with van der Waals surface area (Å²) in [6.45, 7) is 1.96. The van der Waals surface area contributed by atoms with Crippen LogP contribution in [-0.2, 0) is 0 Å². The zero-order chi connectivity index (χ0) is 15.4. The van der Waals surface area contributed by atoms with Gasteiger partial charge in [-0.2, -0.15) is 0 Å². The average molecular weight is 306 g/mol. The summed E-state index contributed by atoms with van der Waals surface area (Å²) in [5, 5.41) is 23.1. The molecule has 0 saturated heterocycles. The van der Waals surface area contributed by atoms with Gasteiger partial charge in [0.25, 0.3) is 11.6 Å². The SMILES string of the molecule is Cc1ccc(C(=O)NCC(O)c2ccc([N+](=O)[O-])cc2)s1. The smallest absolute Gasteiger partial charge is 0.269 e. The highest BCUT2D eigenvalue weighted by molar-refractivity contribution is 7.13. The Kier molecular flexibility index (Phi) is 4.66. The number of carbonyl (C=O) groups excluding carboxylic acids is 1. The number of aryl methyl sites for hydroxylation is 1. The summed E-state index contributed by atoms with van der Waals surface area (Å²) in [7, 11) is 0. The summed E-state index contributed by atoms with van der Waals surface area (Å²) in [5.74, 6) is -0.242. The topological polar surface area (TPSA) is 92.5 Å². The molecule has 21 heavy (non-hydrogen) atoms. The number of nitrogens with one attached hydrogen (secondary N) is 1. The van der Waals surface area contributed by atoms with Crippen LogP contribution in [0.15, 0.2) is 36.4 Å². The molecule has 1 aromatic heterocycles. The van der Waals surface area contributed by atoms with Crippen molar-refractivity contribution < 1.29 is 14.8 Å². The van der Waals surface area contributed by atoms with Crippen molar-refractivity contribution in [2.45, 2.75) is 13.0 Å². The molecule has 0 aliphatic carbocycles. The van der Waals surface area contributed by atoms with Gasteiger partial charge in [0, 0.05) is 23.6 Å². The number of nitro groups is 1. The van der Waals surface area contributed by atoms with Crippen LogP contribution in [-0.4, -0.2) is 22.5 Å². The van der Waals surface area contributed by atoms with Crippen molar-refractivity contribution in [3.8, 4) is 0 Å². The van der Waals surface area contributed by atoms with Crippen molar-refractivity contribution in [3.63, 3.8) is 0 Å². The predicted molar refractivity (Wildman–Crippen MR) is 79.4 cm³/mol. The van der Waals surface area contributed by atoms with Crippen LogP contribution in [0, 0.1) is 17.0 Å². The first-order valence-electron chi connectivity index (χ1n) is 6.24. The molecule has 0 saturated carbocycles. The summed E-state index contributed by atoms with van der Waals surface area (Å²) in [5.41, 5.74) is 0.479. The Bertz CT molecular complexity index is 651. The molecule has 0 bridgehead atoms. The van der Waals surface area contributed by atoms with Crippen LogP contribution in [0.4, 0.5) is 5.69 Å². The van der Waals surface area contributed by atoms with Gasteiger partial charge >= 0.3 is 0 Å². The van der Waals surface area contributed by atoms with Gasteiger partial charge in [0.15, 0.2) is 0 Å². The fourth-order valence-corrected chi connectivity index (χ4v) is 2.55. The van der Waals surface area contributed by atoms with Crippen LogP contribution in [0.3, 0.4) is 0 Å². The van der Waals surface area contributed by atoms with E-state index in [9.17, 15) is 20.0 Å². The van der Waals surface area contributed by atoms with E-state index in [0.29, 0.717) is 10.4 Å². The number of non-ortho nitro benzene ring substituents is 1. The van der Waals surface area contributed by atoms with Crippen molar-refractivity contribution in [2.24, 2.45) is 0 Å². The fourth-order valence-electron chi connectivity index (χ4n) is 1.77. The van der Waals surface area contributed by atoms with Gasteiger partial charge in [0.1, 0.15) is 0 Å². The maximum absolute atomic E-state index is 11.8. The molecular weight excluding hydrogens is 292 g/mol. The third-order valence-corrected chi connectivity index (χ3v) is 3.91. The van der Waals surface area contributed by atoms with Crippen molar-refractivity contribution in [1.29, 1.82) is 0 Å². The third-order valence-electron chi connectivity index (χ3n) is 2.91. The first-order chi connectivity index (χ1) is 9.97. The first-order valence-corrected chi connectivity index (χ1v) is 7.06. The predicted octanol–water partition coefficient (Wildman–Crippen LogP) is 2.43. The molecule has 1 heterocycles. The zero-order valence-electron chi connectivity index (χ0n) is 11.3. The second kappa shape index (κ2) is 6.47. The van der Waals surface area contributed by atoms with E-state index in [1.807, 2.05) is 13.0 Å². The zero-order valence-corrected chi connectivity index (χ0v) is 12.1. The molecule has 1 aromatic carbocycles. The number of thiophene rings is 1. The number of benzene rings is 1. The van der Waals surface area contributed by atoms with Crippen molar-refractivity contribution >= 4 is 22.9 Å². The summed E-state index contributed by atoms with van der Waals surface area (Å²) in [6, 6.07) is 9.18. The van der Waals surface area contributed by atoms with Gasteiger partial charge in [-0.15, -0.1) is 11.3 Å². The molecular formula is C14H14N2O4S. The van der Waals surface area contributed by atoms with Gasteiger partial charge in [-0.1, -0.05) is 0 Å². The Hall–Kier alpha value is -2.25. The fraction of sp³-hybridized carbons (Fsp3) is 0.214. The molecule has 0 fully saturated rings. The number of amides is 1. The number of aliphatic hydroxyl groups is 1. The van der Waals surface area contributed by atoms with Crippen LogP contribution in [0.1, 0.15) is 26.2 Å². The Balaban J connectivity index is 1.93. The normalized spacial score (nSPS) is 11.9. The average Bonchev–Trinajstić information content (AvgIpc) is 2.91. The van der Waals surface area contributed by atoms with E-state index >= 15 is 0 Å². The maximum atomic E-state index is 11.8. The Morgan fingerprint density at radius 3 is 2.52 bits per heavy atom. The Morgan fingerprint density at radius 1 is 1.33 bits per heavy atom. The second-order valence-corrected chi connectivity index (χ2v) is 5.77. The number of carbonyl (C=O) groups is 1. The molecule has 7 heteroatoms. The molecule has 0 aliphatic heterocycles. The summed E-state index contributed by atoms with van der Waals surface area (Å²) >= 11 is 1.38. The minimum Gasteiger partial charge on any atom is -0.387 e. The van der Waals surface area contributed by atoms with Crippen LogP contribution < -0.4 is 5.32 Å². The van der Waals surface area contributed by atoms with E-state index in [2.05, 4.69) is 5.32 Å². The van der Waals surface area contributed by atoms with Crippen LogP contribution in [0.5, 0.6) is 0 Å². The van der Waals surface area contributed by atoms with Crippen LogP contribution in [0.25, 0.3) is 0 Å². The van der Waals surface area contributed by atoms with Crippen molar-refractivity contribution in [1.82, 2.24) is 5.32 Å². The number of nitro benzene ring substituents is 1. The Labute approximate surface area is 125 Å².